The van der Waals surface area contributed by atoms with Gasteiger partial charge < -0.3 is 30.2 Å². The lowest BCUT2D eigenvalue weighted by Crippen LogP contribution is -2.47. The number of carbonyl (C=O) groups excluding carboxylic acids is 4. The summed E-state index contributed by atoms with van der Waals surface area (Å²) in [4.78, 5) is 48.9. The molecule has 10 nitrogen and oxygen atoms in total. The number of amides is 3. The maximum atomic E-state index is 12.9. The van der Waals surface area contributed by atoms with Crippen LogP contribution in [-0.2, 0) is 14.3 Å². The van der Waals surface area contributed by atoms with E-state index in [-0.39, 0.29) is 18.0 Å². The van der Waals surface area contributed by atoms with Crippen LogP contribution in [-0.4, -0.2) is 57.6 Å². The number of esters is 1. The van der Waals surface area contributed by atoms with Crippen molar-refractivity contribution in [2.75, 3.05) is 33.2 Å². The van der Waals surface area contributed by atoms with Crippen molar-refractivity contribution in [1.82, 2.24) is 10.6 Å². The Morgan fingerprint density at radius 2 is 1.41 bits per heavy atom. The van der Waals surface area contributed by atoms with E-state index >= 15 is 0 Å². The average Bonchev–Trinajstić information content (AvgIpc) is 2.84. The number of benzene rings is 2. The van der Waals surface area contributed by atoms with E-state index in [1.807, 2.05) is 13.8 Å². The zero-order valence-electron chi connectivity index (χ0n) is 19.8. The van der Waals surface area contributed by atoms with Gasteiger partial charge in [-0.2, -0.15) is 0 Å². The molecule has 10 heteroatoms. The van der Waals surface area contributed by atoms with Crippen molar-refractivity contribution in [3.05, 3.63) is 53.6 Å². The van der Waals surface area contributed by atoms with Crippen molar-refractivity contribution in [2.45, 2.75) is 19.9 Å². The molecule has 1 atom stereocenters. The molecule has 0 bridgehead atoms. The van der Waals surface area contributed by atoms with Crippen molar-refractivity contribution in [1.29, 1.82) is 0 Å². The first-order valence-electron chi connectivity index (χ1n) is 10.5. The van der Waals surface area contributed by atoms with Crippen LogP contribution in [0.2, 0.25) is 0 Å². The minimum absolute atomic E-state index is 0.208. The fourth-order valence-corrected chi connectivity index (χ4v) is 2.95. The first kappa shape index (κ1) is 26.2. The van der Waals surface area contributed by atoms with Gasteiger partial charge in [0.2, 0.25) is 5.91 Å². The molecule has 0 heterocycles. The zero-order chi connectivity index (χ0) is 25.3. The lowest BCUT2D eigenvalue weighted by Gasteiger charge is -2.22. The van der Waals surface area contributed by atoms with Crippen molar-refractivity contribution in [3.8, 4) is 11.5 Å². The van der Waals surface area contributed by atoms with Crippen molar-refractivity contribution >= 4 is 29.4 Å². The summed E-state index contributed by atoms with van der Waals surface area (Å²) >= 11 is 0. The van der Waals surface area contributed by atoms with Gasteiger partial charge in [-0.1, -0.05) is 13.8 Å². The van der Waals surface area contributed by atoms with Gasteiger partial charge in [0.05, 0.1) is 21.3 Å². The Hall–Kier alpha value is -4.08. The maximum absolute atomic E-state index is 12.9. The summed E-state index contributed by atoms with van der Waals surface area (Å²) in [7, 11) is 4.19. The Labute approximate surface area is 198 Å². The Kier molecular flexibility index (Phi) is 9.42. The summed E-state index contributed by atoms with van der Waals surface area (Å²) in [6.07, 6.45) is 0. The number of rotatable bonds is 10. The molecule has 2 aromatic carbocycles. The molecule has 0 saturated carbocycles. The van der Waals surface area contributed by atoms with Gasteiger partial charge in [-0.15, -0.1) is 0 Å². The lowest BCUT2D eigenvalue weighted by molar-refractivity contribution is -0.139. The van der Waals surface area contributed by atoms with Crippen LogP contribution in [0, 0.1) is 5.92 Å². The first-order chi connectivity index (χ1) is 16.2. The molecule has 0 radical (unpaired) electrons. The second-order valence-electron chi connectivity index (χ2n) is 7.62. The number of hydrogen-bond acceptors (Lipinski definition) is 7. The van der Waals surface area contributed by atoms with Gasteiger partial charge in [-0.25, -0.2) is 0 Å². The highest BCUT2D eigenvalue weighted by atomic mass is 16.5. The van der Waals surface area contributed by atoms with E-state index in [9.17, 15) is 19.2 Å². The highest BCUT2D eigenvalue weighted by Crippen LogP contribution is 2.23. The smallest absolute Gasteiger partial charge is 0.325 e. The topological polar surface area (TPSA) is 132 Å². The standard InChI is InChI=1S/C24H29N3O7/c1-14(2)21(27-23(30)16-10-18(32-3)12-19(11-16)33-4)24(31)26-17-8-6-15(7-9-17)22(29)25-13-20(28)34-5/h6-12,14,21H,13H2,1-5H3,(H,25,29)(H,26,31)(H,27,30)/t21-/m0/s1. The molecule has 182 valence electrons. The third-order valence-corrected chi connectivity index (χ3v) is 4.88. The fourth-order valence-electron chi connectivity index (χ4n) is 2.95. The Bertz CT molecular complexity index is 1010. The number of ether oxygens (including phenoxy) is 3. The molecule has 0 aliphatic heterocycles. The van der Waals surface area contributed by atoms with Gasteiger partial charge in [-0.3, -0.25) is 19.2 Å². The Balaban J connectivity index is 2.07. The summed E-state index contributed by atoms with van der Waals surface area (Å²) in [6, 6.07) is 10.0. The molecule has 0 fully saturated rings. The number of nitrogens with one attached hydrogen (secondary N) is 3. The van der Waals surface area contributed by atoms with Crippen LogP contribution in [0.3, 0.4) is 0 Å². The highest BCUT2D eigenvalue weighted by molar-refractivity contribution is 6.02. The average molecular weight is 472 g/mol. The summed E-state index contributed by atoms with van der Waals surface area (Å²) in [5.41, 5.74) is 1.04. The number of methoxy groups -OCH3 is 3. The van der Waals surface area contributed by atoms with E-state index in [1.54, 1.807) is 30.3 Å². The molecule has 3 N–H and O–H groups in total. The van der Waals surface area contributed by atoms with Crippen LogP contribution in [0.5, 0.6) is 11.5 Å². The SMILES string of the molecule is COC(=O)CNC(=O)c1ccc(NC(=O)[C@@H](NC(=O)c2cc(OC)cc(OC)c2)C(C)C)cc1. The van der Waals surface area contributed by atoms with Gasteiger partial charge in [0, 0.05) is 22.9 Å². The molecular formula is C24H29N3O7. The Morgan fingerprint density at radius 1 is 0.824 bits per heavy atom. The quantitative estimate of drug-likeness (QED) is 0.452. The van der Waals surface area contributed by atoms with Gasteiger partial charge in [0.15, 0.2) is 0 Å². The molecule has 0 aliphatic rings. The first-order valence-corrected chi connectivity index (χ1v) is 10.5. The van der Waals surface area contributed by atoms with Gasteiger partial charge >= 0.3 is 5.97 Å². The fraction of sp³-hybridized carbons (Fsp3) is 0.333. The normalized spacial score (nSPS) is 11.2. The monoisotopic (exact) mass is 471 g/mol. The van der Waals surface area contributed by atoms with Crippen molar-refractivity contribution in [3.63, 3.8) is 0 Å². The molecule has 34 heavy (non-hydrogen) atoms. The van der Waals surface area contributed by atoms with Gasteiger partial charge in [0.25, 0.3) is 11.8 Å². The predicted molar refractivity (Wildman–Crippen MR) is 125 cm³/mol. The number of hydrogen-bond donors (Lipinski definition) is 3. The molecule has 2 rings (SSSR count). The molecular weight excluding hydrogens is 442 g/mol. The van der Waals surface area contributed by atoms with E-state index < -0.39 is 29.7 Å². The second-order valence-corrected chi connectivity index (χ2v) is 7.62. The molecule has 0 spiro atoms. The maximum Gasteiger partial charge on any atom is 0.325 e. The van der Waals surface area contributed by atoms with Crippen LogP contribution in [0.1, 0.15) is 34.6 Å². The Morgan fingerprint density at radius 3 is 1.91 bits per heavy atom. The molecule has 2 aromatic rings. The molecule has 0 saturated heterocycles. The third kappa shape index (κ3) is 7.22. The van der Waals surface area contributed by atoms with E-state index in [0.717, 1.165) is 0 Å². The largest absolute Gasteiger partial charge is 0.497 e. The molecule has 3 amide bonds. The van der Waals surface area contributed by atoms with Gasteiger partial charge in [0.1, 0.15) is 24.1 Å². The van der Waals surface area contributed by atoms with Crippen molar-refractivity contribution in [2.24, 2.45) is 5.92 Å². The summed E-state index contributed by atoms with van der Waals surface area (Å²) in [6.45, 7) is 3.37. The van der Waals surface area contributed by atoms with Crippen LogP contribution < -0.4 is 25.4 Å². The predicted octanol–water partition coefficient (Wildman–Crippen LogP) is 2.00. The summed E-state index contributed by atoms with van der Waals surface area (Å²) in [5, 5.41) is 7.92. The van der Waals surface area contributed by atoms with E-state index in [1.165, 1.54) is 33.5 Å². The zero-order valence-corrected chi connectivity index (χ0v) is 19.8. The summed E-state index contributed by atoms with van der Waals surface area (Å²) in [5.74, 6) is -1.20. The van der Waals surface area contributed by atoms with Gasteiger partial charge in [-0.05, 0) is 42.3 Å². The minimum atomic E-state index is -0.826. The number of carbonyl (C=O) groups is 4. The molecule has 0 aliphatic carbocycles. The third-order valence-electron chi connectivity index (χ3n) is 4.88. The summed E-state index contributed by atoms with van der Waals surface area (Å²) < 4.78 is 14.9. The highest BCUT2D eigenvalue weighted by Gasteiger charge is 2.25. The van der Waals surface area contributed by atoms with Crippen LogP contribution >= 0.6 is 0 Å². The number of anilines is 1. The molecule has 0 aromatic heterocycles. The van der Waals surface area contributed by atoms with Crippen molar-refractivity contribution < 1.29 is 33.4 Å². The van der Waals surface area contributed by atoms with Crippen LogP contribution in [0.4, 0.5) is 5.69 Å². The lowest BCUT2D eigenvalue weighted by atomic mass is 10.0. The minimum Gasteiger partial charge on any atom is -0.497 e. The second kappa shape index (κ2) is 12.2. The van der Waals surface area contributed by atoms with E-state index in [0.29, 0.717) is 22.7 Å². The van der Waals surface area contributed by atoms with Crippen LogP contribution in [0.15, 0.2) is 42.5 Å². The van der Waals surface area contributed by atoms with E-state index in [2.05, 4.69) is 20.7 Å². The van der Waals surface area contributed by atoms with E-state index in [4.69, 9.17) is 9.47 Å². The van der Waals surface area contributed by atoms with Crippen LogP contribution in [0.25, 0.3) is 0 Å². The molecule has 0 unspecified atom stereocenters.